The first-order valence-corrected chi connectivity index (χ1v) is 9.56. The Hall–Kier alpha value is -0.720. The van der Waals surface area contributed by atoms with E-state index in [1.54, 1.807) is 24.3 Å². The topological polar surface area (TPSA) is 56.2 Å². The summed E-state index contributed by atoms with van der Waals surface area (Å²) >= 11 is 0. The van der Waals surface area contributed by atoms with Gasteiger partial charge >= 0.3 is 0 Å². The standard InChI is InChI=1S/C13H25N4O2PS/c1-12-8-10-13(11-9-12)21(18,19)14-20(15(2)3,16(4)5)17(6)7/h8-11H,1-7H3. The molecule has 6 nitrogen and oxygen atoms in total. The molecule has 0 heterocycles. The van der Waals surface area contributed by atoms with Crippen LogP contribution in [0.15, 0.2) is 33.3 Å². The maximum Gasteiger partial charge on any atom is 0.284 e. The Morgan fingerprint density at radius 2 is 1.24 bits per heavy atom. The largest absolute Gasteiger partial charge is 0.284 e. The smallest absolute Gasteiger partial charge is 0.251 e. The van der Waals surface area contributed by atoms with Gasteiger partial charge < -0.3 is 0 Å². The summed E-state index contributed by atoms with van der Waals surface area (Å²) in [5, 5.41) is 0. The molecule has 0 aliphatic carbocycles. The maximum absolute atomic E-state index is 12.7. The van der Waals surface area contributed by atoms with Gasteiger partial charge in [0, 0.05) is 0 Å². The Kier molecular flexibility index (Phi) is 5.75. The van der Waals surface area contributed by atoms with E-state index in [9.17, 15) is 8.42 Å². The number of hydrogen-bond acceptors (Lipinski definition) is 2. The van der Waals surface area contributed by atoms with Gasteiger partial charge in [0.1, 0.15) is 0 Å². The van der Waals surface area contributed by atoms with E-state index in [2.05, 4.69) is 4.15 Å². The lowest BCUT2D eigenvalue weighted by Crippen LogP contribution is -2.31. The number of rotatable bonds is 5. The van der Waals surface area contributed by atoms with Gasteiger partial charge in [0.2, 0.25) is 0 Å². The van der Waals surface area contributed by atoms with Gasteiger partial charge in [-0.2, -0.15) is 8.42 Å². The van der Waals surface area contributed by atoms with Gasteiger partial charge in [-0.3, -0.25) is 14.0 Å². The number of sulfonamides is 1. The fourth-order valence-electron chi connectivity index (χ4n) is 2.19. The molecule has 0 spiro atoms. The summed E-state index contributed by atoms with van der Waals surface area (Å²) in [5.74, 6) is 0. The molecule has 1 rings (SSSR count). The van der Waals surface area contributed by atoms with E-state index in [0.717, 1.165) is 5.56 Å². The molecule has 0 aromatic heterocycles. The van der Waals surface area contributed by atoms with E-state index in [0.29, 0.717) is 0 Å². The summed E-state index contributed by atoms with van der Waals surface area (Å²) in [6.45, 7) is 1.92. The predicted molar refractivity (Wildman–Crippen MR) is 88.8 cm³/mol. The van der Waals surface area contributed by atoms with Crippen LogP contribution in [0, 0.1) is 6.92 Å². The minimum absolute atomic E-state index is 0.225. The molecular weight excluding hydrogens is 307 g/mol. The molecule has 0 bridgehead atoms. The third-order valence-corrected chi connectivity index (χ3v) is 8.97. The maximum atomic E-state index is 12.7. The van der Waals surface area contributed by atoms with Gasteiger partial charge in [0.25, 0.3) is 10.0 Å². The summed E-state index contributed by atoms with van der Waals surface area (Å²) in [5.41, 5.74) is 1.02. The highest BCUT2D eigenvalue weighted by Gasteiger charge is 2.32. The molecule has 0 radical (unpaired) electrons. The van der Waals surface area contributed by atoms with Crippen LogP contribution in [0.2, 0.25) is 0 Å². The molecule has 1 aromatic rings. The van der Waals surface area contributed by atoms with Crippen molar-refractivity contribution < 1.29 is 8.42 Å². The van der Waals surface area contributed by atoms with Crippen LogP contribution < -0.4 is 0 Å². The summed E-state index contributed by atoms with van der Waals surface area (Å²) in [6, 6.07) is 6.76. The Bertz CT molecular complexity index is 608. The number of nitrogens with zero attached hydrogens (tertiary/aromatic N) is 4. The zero-order valence-electron chi connectivity index (χ0n) is 13.8. The van der Waals surface area contributed by atoms with E-state index in [1.165, 1.54) is 0 Å². The van der Waals surface area contributed by atoms with E-state index < -0.39 is 17.5 Å². The Labute approximate surface area is 128 Å². The van der Waals surface area contributed by atoms with Gasteiger partial charge in [0.05, 0.1) is 4.90 Å². The molecule has 0 fully saturated rings. The minimum Gasteiger partial charge on any atom is -0.251 e. The van der Waals surface area contributed by atoms with Gasteiger partial charge in [-0.15, -0.1) is 4.15 Å². The summed E-state index contributed by atoms with van der Waals surface area (Å²) in [6.07, 6.45) is 0. The average Bonchev–Trinajstić information content (AvgIpc) is 2.35. The lowest BCUT2D eigenvalue weighted by molar-refractivity contribution is 0.474. The molecule has 0 N–H and O–H groups in total. The van der Waals surface area contributed by atoms with E-state index in [4.69, 9.17) is 0 Å². The molecule has 120 valence electrons. The van der Waals surface area contributed by atoms with Crippen LogP contribution in [-0.4, -0.2) is 64.7 Å². The fraction of sp³-hybridized carbons (Fsp3) is 0.538. The van der Waals surface area contributed by atoms with Crippen LogP contribution in [0.3, 0.4) is 0 Å². The van der Waals surface area contributed by atoms with Crippen molar-refractivity contribution in [2.45, 2.75) is 11.8 Å². The molecule has 1 aromatic carbocycles. The fourth-order valence-corrected chi connectivity index (χ4v) is 8.10. The van der Waals surface area contributed by atoms with Gasteiger partial charge in [-0.05, 0) is 61.3 Å². The van der Waals surface area contributed by atoms with E-state index in [1.807, 2.05) is 63.2 Å². The first kappa shape index (κ1) is 18.3. The first-order valence-electron chi connectivity index (χ1n) is 6.52. The second-order valence-corrected chi connectivity index (χ2v) is 11.0. The molecule has 0 aliphatic rings. The minimum atomic E-state index is -3.72. The first-order chi connectivity index (χ1) is 9.54. The summed E-state index contributed by atoms with van der Waals surface area (Å²) in [4.78, 5) is 0.225. The second-order valence-electron chi connectivity index (χ2n) is 5.45. The average molecular weight is 332 g/mol. The van der Waals surface area contributed by atoms with Crippen molar-refractivity contribution in [2.24, 2.45) is 4.15 Å². The van der Waals surface area contributed by atoms with Crippen molar-refractivity contribution in [3.8, 4) is 0 Å². The Morgan fingerprint density at radius 3 is 1.57 bits per heavy atom. The predicted octanol–water partition coefficient (Wildman–Crippen LogP) is 2.31. The monoisotopic (exact) mass is 332 g/mol. The van der Waals surface area contributed by atoms with Gasteiger partial charge in [0.15, 0.2) is 7.51 Å². The zero-order chi connectivity index (χ0) is 16.4. The molecule has 0 aliphatic heterocycles. The van der Waals surface area contributed by atoms with Crippen molar-refractivity contribution >= 4 is 17.5 Å². The number of aryl methyl sites for hydroxylation is 1. The quantitative estimate of drug-likeness (QED) is 0.775. The molecule has 0 unspecified atom stereocenters. The highest BCUT2D eigenvalue weighted by molar-refractivity contribution is 7.93. The zero-order valence-corrected chi connectivity index (χ0v) is 15.5. The Balaban J connectivity index is 3.56. The lowest BCUT2D eigenvalue weighted by Gasteiger charge is -2.40. The van der Waals surface area contributed by atoms with Gasteiger partial charge in [-0.1, -0.05) is 17.7 Å². The molecule has 0 atom stereocenters. The molecule has 0 amide bonds. The van der Waals surface area contributed by atoms with Crippen LogP contribution in [-0.2, 0) is 10.0 Å². The van der Waals surface area contributed by atoms with Crippen molar-refractivity contribution in [2.75, 3.05) is 42.3 Å². The SMILES string of the molecule is Cc1ccc(S(=O)(=O)N=P(N(C)C)(N(C)C)N(C)C)cc1. The van der Waals surface area contributed by atoms with Crippen molar-refractivity contribution in [3.63, 3.8) is 0 Å². The third kappa shape index (κ3) is 3.73. The normalized spacial score (nSPS) is 13.2. The molecule has 21 heavy (non-hydrogen) atoms. The molecule has 8 heteroatoms. The van der Waals surface area contributed by atoms with Crippen LogP contribution in [0.5, 0.6) is 0 Å². The highest BCUT2D eigenvalue weighted by atomic mass is 32.2. The van der Waals surface area contributed by atoms with Crippen LogP contribution in [0.1, 0.15) is 5.56 Å². The van der Waals surface area contributed by atoms with Crippen LogP contribution in [0.4, 0.5) is 0 Å². The van der Waals surface area contributed by atoms with E-state index in [-0.39, 0.29) is 4.90 Å². The van der Waals surface area contributed by atoms with E-state index >= 15 is 0 Å². The van der Waals surface area contributed by atoms with Crippen LogP contribution >= 0.6 is 7.51 Å². The summed E-state index contributed by atoms with van der Waals surface area (Å²) in [7, 11) is 4.90. The van der Waals surface area contributed by atoms with Crippen molar-refractivity contribution in [3.05, 3.63) is 29.8 Å². The molecule has 0 saturated heterocycles. The van der Waals surface area contributed by atoms with Gasteiger partial charge in [-0.25, -0.2) is 0 Å². The number of benzene rings is 1. The molecule has 0 saturated carbocycles. The van der Waals surface area contributed by atoms with Crippen LogP contribution in [0.25, 0.3) is 0 Å². The van der Waals surface area contributed by atoms with Crippen molar-refractivity contribution in [1.82, 2.24) is 14.0 Å². The highest BCUT2D eigenvalue weighted by Crippen LogP contribution is 2.56. The summed E-state index contributed by atoms with van der Waals surface area (Å²) < 4.78 is 35.2. The second kappa shape index (κ2) is 6.58. The lowest BCUT2D eigenvalue weighted by atomic mass is 10.2. The number of hydrogen-bond donors (Lipinski definition) is 0. The van der Waals surface area contributed by atoms with Crippen molar-refractivity contribution in [1.29, 1.82) is 0 Å². The molecular formula is C13H25N4O2PS. The third-order valence-electron chi connectivity index (χ3n) is 3.15. The Morgan fingerprint density at radius 1 is 0.857 bits per heavy atom.